The minimum atomic E-state index is -0.447. The highest BCUT2D eigenvalue weighted by Crippen LogP contribution is 2.40. The van der Waals surface area contributed by atoms with E-state index in [9.17, 15) is 14.0 Å². The van der Waals surface area contributed by atoms with Gasteiger partial charge in [-0.15, -0.1) is 0 Å². The first-order valence-electron chi connectivity index (χ1n) is 8.32. The van der Waals surface area contributed by atoms with E-state index >= 15 is 0 Å². The number of halogens is 1. The SMILES string of the molecule is O=C(NC1COC2(CCCC2)C1)c1cc(=O)[nH]c2ccc(F)cc12. The molecule has 2 aliphatic rings. The lowest BCUT2D eigenvalue weighted by atomic mass is 9.96. The maximum atomic E-state index is 13.5. The third-order valence-electron chi connectivity index (χ3n) is 5.11. The normalized spacial score (nSPS) is 22.3. The molecule has 1 unspecified atom stereocenters. The maximum absolute atomic E-state index is 13.5. The second kappa shape index (κ2) is 5.70. The van der Waals surface area contributed by atoms with E-state index in [4.69, 9.17) is 4.74 Å². The average Bonchev–Trinajstić information content (AvgIpc) is 3.17. The number of aromatic nitrogens is 1. The summed E-state index contributed by atoms with van der Waals surface area (Å²) < 4.78 is 19.5. The number of rotatable bonds is 2. The number of H-pyrrole nitrogens is 1. The molecule has 126 valence electrons. The minimum absolute atomic E-state index is 0.0708. The number of nitrogens with one attached hydrogen (secondary N) is 2. The first-order valence-corrected chi connectivity index (χ1v) is 8.32. The number of fused-ring (bicyclic) bond motifs is 1. The third kappa shape index (κ3) is 2.71. The molecule has 24 heavy (non-hydrogen) atoms. The van der Waals surface area contributed by atoms with Gasteiger partial charge in [0.1, 0.15) is 5.82 Å². The summed E-state index contributed by atoms with van der Waals surface area (Å²) in [4.78, 5) is 27.0. The molecule has 1 aromatic heterocycles. The number of aromatic amines is 1. The summed E-state index contributed by atoms with van der Waals surface area (Å²) in [6, 6.07) is 5.14. The number of hydrogen-bond donors (Lipinski definition) is 2. The Balaban J connectivity index is 1.60. The average molecular weight is 330 g/mol. The van der Waals surface area contributed by atoms with Gasteiger partial charge in [-0.25, -0.2) is 4.39 Å². The lowest BCUT2D eigenvalue weighted by molar-refractivity contribution is 0.00988. The standard InChI is InChI=1S/C18H19FN2O3/c19-11-3-4-15-13(7-11)14(8-16(22)21-15)17(23)20-12-9-18(24-10-12)5-1-2-6-18/h3-4,7-8,12H,1-2,5-6,9-10H2,(H,20,23)(H,21,22). The van der Waals surface area contributed by atoms with Crippen LogP contribution in [0.4, 0.5) is 4.39 Å². The van der Waals surface area contributed by atoms with Crippen LogP contribution in [0.3, 0.4) is 0 Å². The fourth-order valence-electron chi connectivity index (χ4n) is 3.98. The van der Waals surface area contributed by atoms with E-state index in [0.29, 0.717) is 17.5 Å². The Hall–Kier alpha value is -2.21. The van der Waals surface area contributed by atoms with Gasteiger partial charge in [0.15, 0.2) is 0 Å². The molecule has 2 heterocycles. The van der Waals surface area contributed by atoms with Crippen LogP contribution in [0.5, 0.6) is 0 Å². The van der Waals surface area contributed by atoms with E-state index in [1.807, 2.05) is 0 Å². The Morgan fingerprint density at radius 1 is 1.29 bits per heavy atom. The monoisotopic (exact) mass is 330 g/mol. The Morgan fingerprint density at radius 3 is 2.88 bits per heavy atom. The molecule has 1 aromatic carbocycles. The van der Waals surface area contributed by atoms with Gasteiger partial charge in [-0.1, -0.05) is 12.8 Å². The minimum Gasteiger partial charge on any atom is -0.373 e. The smallest absolute Gasteiger partial charge is 0.252 e. The van der Waals surface area contributed by atoms with Gasteiger partial charge in [-0.3, -0.25) is 9.59 Å². The van der Waals surface area contributed by atoms with Crippen LogP contribution in [0, 0.1) is 5.82 Å². The van der Waals surface area contributed by atoms with Crippen LogP contribution in [0.25, 0.3) is 10.9 Å². The largest absolute Gasteiger partial charge is 0.373 e. The molecule has 5 nitrogen and oxygen atoms in total. The second-order valence-corrected chi connectivity index (χ2v) is 6.81. The fraction of sp³-hybridized carbons (Fsp3) is 0.444. The molecule has 1 saturated carbocycles. The van der Waals surface area contributed by atoms with Gasteiger partial charge < -0.3 is 15.0 Å². The molecule has 1 amide bonds. The van der Waals surface area contributed by atoms with Gasteiger partial charge >= 0.3 is 0 Å². The first-order chi connectivity index (χ1) is 11.5. The van der Waals surface area contributed by atoms with Crippen molar-refractivity contribution in [2.75, 3.05) is 6.61 Å². The summed E-state index contributed by atoms with van der Waals surface area (Å²) in [6.07, 6.45) is 5.21. The van der Waals surface area contributed by atoms with Crippen molar-refractivity contribution in [1.29, 1.82) is 0 Å². The number of pyridine rings is 1. The number of ether oxygens (including phenoxy) is 1. The van der Waals surface area contributed by atoms with Crippen LogP contribution in [0.1, 0.15) is 42.5 Å². The van der Waals surface area contributed by atoms with Gasteiger partial charge in [-0.2, -0.15) is 0 Å². The van der Waals surface area contributed by atoms with Gasteiger partial charge in [0, 0.05) is 17.0 Å². The van der Waals surface area contributed by atoms with Gasteiger partial charge in [0.05, 0.1) is 23.8 Å². The topological polar surface area (TPSA) is 71.2 Å². The van der Waals surface area contributed by atoms with Crippen molar-refractivity contribution in [3.05, 3.63) is 46.0 Å². The molecule has 2 fully saturated rings. The van der Waals surface area contributed by atoms with Crippen LogP contribution >= 0.6 is 0 Å². The zero-order chi connectivity index (χ0) is 16.7. The highest BCUT2D eigenvalue weighted by Gasteiger charge is 2.42. The quantitative estimate of drug-likeness (QED) is 0.889. The molecule has 6 heteroatoms. The zero-order valence-electron chi connectivity index (χ0n) is 13.2. The van der Waals surface area contributed by atoms with E-state index in [-0.39, 0.29) is 28.7 Å². The summed E-state index contributed by atoms with van der Waals surface area (Å²) in [7, 11) is 0. The Morgan fingerprint density at radius 2 is 2.08 bits per heavy atom. The van der Waals surface area contributed by atoms with Gasteiger partial charge in [0.2, 0.25) is 5.56 Å². The van der Waals surface area contributed by atoms with Crippen molar-refractivity contribution >= 4 is 16.8 Å². The summed E-state index contributed by atoms with van der Waals surface area (Å²) in [5.41, 5.74) is 0.180. The second-order valence-electron chi connectivity index (χ2n) is 6.81. The van der Waals surface area contributed by atoms with E-state index in [1.54, 1.807) is 0 Å². The number of amides is 1. The van der Waals surface area contributed by atoms with E-state index in [2.05, 4.69) is 10.3 Å². The first kappa shape index (κ1) is 15.3. The van der Waals surface area contributed by atoms with Gasteiger partial charge in [0.25, 0.3) is 5.91 Å². The highest BCUT2D eigenvalue weighted by atomic mass is 19.1. The van der Waals surface area contributed by atoms with E-state index in [0.717, 1.165) is 19.3 Å². The number of carbonyl (C=O) groups is 1. The molecule has 4 rings (SSSR count). The van der Waals surface area contributed by atoms with Crippen molar-refractivity contribution in [3.8, 4) is 0 Å². The molecule has 1 spiro atoms. The Bertz CT molecular complexity index is 855. The molecule has 1 atom stereocenters. The lowest BCUT2D eigenvalue weighted by Gasteiger charge is -2.21. The van der Waals surface area contributed by atoms with Crippen LogP contribution in [0.15, 0.2) is 29.1 Å². The van der Waals surface area contributed by atoms with Crippen LogP contribution in [0.2, 0.25) is 0 Å². The predicted octanol–water partition coefficient (Wildman–Crippen LogP) is 2.50. The van der Waals surface area contributed by atoms with Crippen molar-refractivity contribution in [3.63, 3.8) is 0 Å². The molecular weight excluding hydrogens is 311 g/mol. The Kier molecular flexibility index (Phi) is 3.64. The predicted molar refractivity (Wildman–Crippen MR) is 87.5 cm³/mol. The van der Waals surface area contributed by atoms with Crippen molar-refractivity contribution in [2.45, 2.75) is 43.7 Å². The maximum Gasteiger partial charge on any atom is 0.252 e. The summed E-state index contributed by atoms with van der Waals surface area (Å²) in [5, 5.41) is 3.35. The summed E-state index contributed by atoms with van der Waals surface area (Å²) in [5.74, 6) is -0.807. The van der Waals surface area contributed by atoms with Crippen LogP contribution < -0.4 is 10.9 Å². The van der Waals surface area contributed by atoms with Crippen LogP contribution in [-0.2, 0) is 4.74 Å². The molecule has 0 radical (unpaired) electrons. The number of hydrogen-bond acceptors (Lipinski definition) is 3. The van der Waals surface area contributed by atoms with Gasteiger partial charge in [-0.05, 0) is 37.5 Å². The number of benzene rings is 1. The third-order valence-corrected chi connectivity index (χ3v) is 5.11. The van der Waals surface area contributed by atoms with E-state index < -0.39 is 5.82 Å². The van der Waals surface area contributed by atoms with E-state index in [1.165, 1.54) is 37.1 Å². The molecule has 2 N–H and O–H groups in total. The molecule has 1 saturated heterocycles. The van der Waals surface area contributed by atoms with Crippen molar-refractivity contribution in [1.82, 2.24) is 10.3 Å². The Labute approximate surface area is 138 Å². The molecular formula is C18H19FN2O3. The zero-order valence-corrected chi connectivity index (χ0v) is 13.2. The highest BCUT2D eigenvalue weighted by molar-refractivity contribution is 6.06. The van der Waals surface area contributed by atoms with Crippen molar-refractivity contribution in [2.24, 2.45) is 0 Å². The molecule has 1 aliphatic heterocycles. The number of carbonyl (C=O) groups excluding carboxylic acids is 1. The van der Waals surface area contributed by atoms with Crippen LogP contribution in [-0.4, -0.2) is 29.1 Å². The summed E-state index contributed by atoms with van der Waals surface area (Å²) >= 11 is 0. The fourth-order valence-corrected chi connectivity index (χ4v) is 3.98. The van der Waals surface area contributed by atoms with Crippen molar-refractivity contribution < 1.29 is 13.9 Å². The molecule has 1 aliphatic carbocycles. The summed E-state index contributed by atoms with van der Waals surface area (Å²) in [6.45, 7) is 0.487. The molecule has 0 bridgehead atoms. The lowest BCUT2D eigenvalue weighted by Crippen LogP contribution is -2.36. The molecule has 2 aromatic rings.